The molecule has 0 atom stereocenters. The molecule has 0 aromatic heterocycles. The lowest BCUT2D eigenvalue weighted by Crippen LogP contribution is -2.34. The maximum absolute atomic E-state index is 12.6. The van der Waals surface area contributed by atoms with Gasteiger partial charge in [0, 0.05) is 48.9 Å². The van der Waals surface area contributed by atoms with Crippen LogP contribution in [0.5, 0.6) is 0 Å². The number of carbonyl (C=O) groups excluding carboxylic acids is 3. The minimum atomic E-state index is -3.51. The Morgan fingerprint density at radius 3 is 1.79 bits per heavy atom. The fourth-order valence-electron chi connectivity index (χ4n) is 3.71. The largest absolute Gasteiger partial charge is 0.350 e. The minimum Gasteiger partial charge on any atom is -0.350 e. The van der Waals surface area contributed by atoms with Crippen LogP contribution in [0.1, 0.15) is 46.4 Å². The summed E-state index contributed by atoms with van der Waals surface area (Å²) < 4.78 is 26.6. The topological polar surface area (TPSA) is 125 Å². The number of rotatable bonds is 9. The molecule has 2 aliphatic rings. The fraction of sp³-hybridized carbons (Fsp3) is 0.375. The normalized spacial score (nSPS) is 16.1. The van der Waals surface area contributed by atoms with Gasteiger partial charge in [-0.25, -0.2) is 8.42 Å². The van der Waals surface area contributed by atoms with Gasteiger partial charge in [0.25, 0.3) is 11.8 Å². The molecule has 2 fully saturated rings. The van der Waals surface area contributed by atoms with Crippen molar-refractivity contribution in [3.63, 3.8) is 0 Å². The summed E-state index contributed by atoms with van der Waals surface area (Å²) in [5.74, 6) is -0.518. The second-order valence-electron chi connectivity index (χ2n) is 8.49. The molecule has 1 saturated carbocycles. The average molecular weight is 485 g/mol. The third-order valence-corrected chi connectivity index (χ3v) is 7.79. The van der Waals surface area contributed by atoms with Gasteiger partial charge in [0.05, 0.1) is 4.90 Å². The van der Waals surface area contributed by atoms with E-state index in [2.05, 4.69) is 16.0 Å². The summed E-state index contributed by atoms with van der Waals surface area (Å²) in [5, 5.41) is 8.26. The SMILES string of the molecule is O=C(NCCNC(=O)c1ccc(S(=O)(=O)N2CCCC2)cc1)c1ccc(NC(=O)C2CC2)cc1. The summed E-state index contributed by atoms with van der Waals surface area (Å²) in [5.41, 5.74) is 1.45. The van der Waals surface area contributed by atoms with E-state index >= 15 is 0 Å². The second kappa shape index (κ2) is 10.4. The van der Waals surface area contributed by atoms with Crippen LogP contribution in [0.15, 0.2) is 53.4 Å². The summed E-state index contributed by atoms with van der Waals surface area (Å²) in [6.45, 7) is 1.49. The van der Waals surface area contributed by atoms with E-state index < -0.39 is 10.0 Å². The van der Waals surface area contributed by atoms with Crippen LogP contribution in [-0.4, -0.2) is 56.6 Å². The molecule has 2 aromatic rings. The summed E-state index contributed by atoms with van der Waals surface area (Å²) in [7, 11) is -3.51. The van der Waals surface area contributed by atoms with Crippen LogP contribution in [0.25, 0.3) is 0 Å². The van der Waals surface area contributed by atoms with E-state index in [4.69, 9.17) is 0 Å². The smallest absolute Gasteiger partial charge is 0.251 e. The molecule has 0 radical (unpaired) electrons. The van der Waals surface area contributed by atoms with Crippen LogP contribution in [0.2, 0.25) is 0 Å². The molecule has 9 nitrogen and oxygen atoms in total. The number of sulfonamides is 1. The predicted molar refractivity (Wildman–Crippen MR) is 127 cm³/mol. The minimum absolute atomic E-state index is 0.01000. The zero-order valence-electron chi connectivity index (χ0n) is 18.7. The van der Waals surface area contributed by atoms with E-state index in [0.29, 0.717) is 29.9 Å². The van der Waals surface area contributed by atoms with Gasteiger partial charge in [-0.2, -0.15) is 4.31 Å². The molecule has 3 N–H and O–H groups in total. The van der Waals surface area contributed by atoms with Crippen LogP contribution in [0, 0.1) is 5.92 Å². The van der Waals surface area contributed by atoms with Crippen molar-refractivity contribution in [2.75, 3.05) is 31.5 Å². The highest BCUT2D eigenvalue weighted by Crippen LogP contribution is 2.30. The zero-order valence-corrected chi connectivity index (χ0v) is 19.6. The molecule has 2 aromatic carbocycles. The lowest BCUT2D eigenvalue weighted by molar-refractivity contribution is -0.117. The number of benzene rings is 2. The van der Waals surface area contributed by atoms with Crippen molar-refractivity contribution in [3.05, 3.63) is 59.7 Å². The van der Waals surface area contributed by atoms with Gasteiger partial charge in [-0.15, -0.1) is 0 Å². The predicted octanol–water partition coefficient (Wildman–Crippen LogP) is 1.98. The molecule has 10 heteroatoms. The summed E-state index contributed by atoms with van der Waals surface area (Å²) in [6.07, 6.45) is 3.57. The van der Waals surface area contributed by atoms with Crippen molar-refractivity contribution < 1.29 is 22.8 Å². The molecule has 180 valence electrons. The third-order valence-electron chi connectivity index (χ3n) is 5.88. The first-order chi connectivity index (χ1) is 16.3. The van der Waals surface area contributed by atoms with Crippen LogP contribution in [0.3, 0.4) is 0 Å². The lowest BCUT2D eigenvalue weighted by atomic mass is 10.2. The average Bonchev–Trinajstić information content (AvgIpc) is 3.55. The monoisotopic (exact) mass is 484 g/mol. The third kappa shape index (κ3) is 5.81. The van der Waals surface area contributed by atoms with E-state index in [9.17, 15) is 22.8 Å². The van der Waals surface area contributed by atoms with Gasteiger partial charge in [0.15, 0.2) is 0 Å². The van der Waals surface area contributed by atoms with Crippen molar-refractivity contribution in [1.82, 2.24) is 14.9 Å². The quantitative estimate of drug-likeness (QED) is 0.470. The molecule has 4 rings (SSSR count). The Morgan fingerprint density at radius 2 is 1.29 bits per heavy atom. The van der Waals surface area contributed by atoms with Crippen molar-refractivity contribution in [3.8, 4) is 0 Å². The zero-order chi connectivity index (χ0) is 24.1. The number of nitrogens with one attached hydrogen (secondary N) is 3. The maximum atomic E-state index is 12.6. The first kappa shape index (κ1) is 23.9. The molecular weight excluding hydrogens is 456 g/mol. The van der Waals surface area contributed by atoms with Gasteiger partial charge < -0.3 is 16.0 Å². The van der Waals surface area contributed by atoms with Crippen LogP contribution < -0.4 is 16.0 Å². The Kier molecular flexibility index (Phi) is 7.28. The first-order valence-electron chi connectivity index (χ1n) is 11.4. The van der Waals surface area contributed by atoms with E-state index in [-0.39, 0.29) is 41.6 Å². The Hall–Kier alpha value is -3.24. The number of nitrogens with zero attached hydrogens (tertiary/aromatic N) is 1. The molecular formula is C24H28N4O5S. The molecule has 0 unspecified atom stereocenters. The number of carbonyl (C=O) groups is 3. The first-order valence-corrected chi connectivity index (χ1v) is 12.9. The highest BCUT2D eigenvalue weighted by atomic mass is 32.2. The van der Waals surface area contributed by atoms with E-state index in [0.717, 1.165) is 25.7 Å². The van der Waals surface area contributed by atoms with E-state index in [1.165, 1.54) is 28.6 Å². The molecule has 1 aliphatic heterocycles. The van der Waals surface area contributed by atoms with Gasteiger partial charge in [-0.3, -0.25) is 14.4 Å². The van der Waals surface area contributed by atoms with E-state index in [1.807, 2.05) is 0 Å². The Bertz CT molecular complexity index is 1150. The number of hydrogen-bond donors (Lipinski definition) is 3. The lowest BCUT2D eigenvalue weighted by Gasteiger charge is -2.15. The van der Waals surface area contributed by atoms with Crippen molar-refractivity contribution in [2.45, 2.75) is 30.6 Å². The van der Waals surface area contributed by atoms with Crippen molar-refractivity contribution >= 4 is 33.4 Å². The Labute approximate surface area is 199 Å². The molecule has 34 heavy (non-hydrogen) atoms. The van der Waals surface area contributed by atoms with Gasteiger partial charge >= 0.3 is 0 Å². The molecule has 0 spiro atoms. The molecule has 1 saturated heterocycles. The molecule has 1 aliphatic carbocycles. The van der Waals surface area contributed by atoms with Gasteiger partial charge in [0.2, 0.25) is 15.9 Å². The summed E-state index contributed by atoms with van der Waals surface area (Å²) in [6, 6.07) is 12.5. The molecule has 1 heterocycles. The fourth-order valence-corrected chi connectivity index (χ4v) is 5.22. The maximum Gasteiger partial charge on any atom is 0.251 e. The van der Waals surface area contributed by atoms with Crippen LogP contribution >= 0.6 is 0 Å². The number of amides is 3. The van der Waals surface area contributed by atoms with Gasteiger partial charge in [0.1, 0.15) is 0 Å². The summed E-state index contributed by atoms with van der Waals surface area (Å²) in [4.78, 5) is 36.6. The highest BCUT2D eigenvalue weighted by molar-refractivity contribution is 7.89. The molecule has 3 amide bonds. The second-order valence-corrected chi connectivity index (χ2v) is 10.4. The van der Waals surface area contributed by atoms with Crippen LogP contribution in [-0.2, 0) is 14.8 Å². The number of hydrogen-bond acceptors (Lipinski definition) is 5. The molecule has 0 bridgehead atoms. The highest BCUT2D eigenvalue weighted by Gasteiger charge is 2.29. The van der Waals surface area contributed by atoms with Crippen molar-refractivity contribution in [2.24, 2.45) is 5.92 Å². The Balaban J connectivity index is 1.21. The van der Waals surface area contributed by atoms with Gasteiger partial charge in [-0.1, -0.05) is 0 Å². The van der Waals surface area contributed by atoms with E-state index in [1.54, 1.807) is 24.3 Å². The standard InChI is InChI=1S/C24H28N4O5S/c29-22(17-5-9-20(10-6-17)27-24(31)19-3-4-19)25-13-14-26-23(30)18-7-11-21(12-8-18)34(32,33)28-15-1-2-16-28/h5-12,19H,1-4,13-16H2,(H,25,29)(H,26,30)(H,27,31). The Morgan fingerprint density at radius 1 is 0.794 bits per heavy atom. The number of anilines is 1. The summed E-state index contributed by atoms with van der Waals surface area (Å²) >= 11 is 0. The van der Waals surface area contributed by atoms with Crippen LogP contribution in [0.4, 0.5) is 5.69 Å². The van der Waals surface area contributed by atoms with Crippen molar-refractivity contribution in [1.29, 1.82) is 0 Å². The van der Waals surface area contributed by atoms with Gasteiger partial charge in [-0.05, 0) is 74.2 Å².